The predicted octanol–water partition coefficient (Wildman–Crippen LogP) is 0.768. The lowest BCUT2D eigenvalue weighted by Crippen LogP contribution is -2.40. The predicted molar refractivity (Wildman–Crippen MR) is 78.1 cm³/mol. The van der Waals surface area contributed by atoms with Gasteiger partial charge in [0.15, 0.2) is 0 Å². The molecule has 0 bridgehead atoms. The van der Waals surface area contributed by atoms with Gasteiger partial charge in [-0.2, -0.15) is 0 Å². The number of primary amides is 1. The van der Waals surface area contributed by atoms with Crippen LogP contribution >= 0.6 is 12.4 Å². The monoisotopic (exact) mass is 291 g/mol. The molecule has 6 heteroatoms. The Hall–Kier alpha value is -0.810. The smallest absolute Gasteiger partial charge is 0.237 e. The van der Waals surface area contributed by atoms with Crippen LogP contribution in [0, 0.1) is 11.8 Å². The van der Waals surface area contributed by atoms with Crippen molar-refractivity contribution in [2.45, 2.75) is 33.1 Å². The maximum absolute atomic E-state index is 12.1. The van der Waals surface area contributed by atoms with Gasteiger partial charge >= 0.3 is 0 Å². The third-order valence-corrected chi connectivity index (χ3v) is 3.21. The topological polar surface area (TPSA) is 75.4 Å². The molecule has 2 amide bonds. The second-order valence-electron chi connectivity index (χ2n) is 5.53. The number of hydrogen-bond donors (Lipinski definition) is 2. The number of hydrogen-bond acceptors (Lipinski definition) is 3. The number of halogens is 1. The fraction of sp³-hybridized carbons (Fsp3) is 0.846. The number of nitrogens with one attached hydrogen (secondary N) is 1. The number of amides is 2. The van der Waals surface area contributed by atoms with Gasteiger partial charge < -0.3 is 16.0 Å². The van der Waals surface area contributed by atoms with E-state index in [0.29, 0.717) is 24.8 Å². The summed E-state index contributed by atoms with van der Waals surface area (Å²) in [6.45, 7) is 6.76. The second kappa shape index (κ2) is 9.15. The number of carbonyl (C=O) groups excluding carboxylic acids is 2. The Bertz CT molecular complexity index is 292. The third-order valence-electron chi connectivity index (χ3n) is 3.21. The average molecular weight is 292 g/mol. The first-order valence-electron chi connectivity index (χ1n) is 6.75. The minimum absolute atomic E-state index is 0. The largest absolute Gasteiger partial charge is 0.368 e. The molecule has 0 spiro atoms. The average Bonchev–Trinajstić information content (AvgIpc) is 2.76. The molecule has 1 aliphatic heterocycles. The van der Waals surface area contributed by atoms with Gasteiger partial charge in [0.1, 0.15) is 0 Å². The Labute approximate surface area is 121 Å². The van der Waals surface area contributed by atoms with Crippen LogP contribution in [0.3, 0.4) is 0 Å². The van der Waals surface area contributed by atoms with Crippen molar-refractivity contribution >= 4 is 24.2 Å². The molecule has 112 valence electrons. The summed E-state index contributed by atoms with van der Waals surface area (Å²) in [6.07, 6.45) is 2.57. The molecule has 1 fully saturated rings. The summed E-state index contributed by atoms with van der Waals surface area (Å²) < 4.78 is 0. The molecule has 0 aromatic rings. The van der Waals surface area contributed by atoms with E-state index >= 15 is 0 Å². The normalized spacial score (nSPS) is 18.2. The van der Waals surface area contributed by atoms with Crippen molar-refractivity contribution in [2.75, 3.05) is 26.2 Å². The lowest BCUT2D eigenvalue weighted by atomic mass is 10.0. The summed E-state index contributed by atoms with van der Waals surface area (Å²) in [5.41, 5.74) is 5.18. The molecule has 1 saturated heterocycles. The highest BCUT2D eigenvalue weighted by Crippen LogP contribution is 2.15. The summed E-state index contributed by atoms with van der Waals surface area (Å²) in [5, 5.41) is 3.29. The molecule has 1 rings (SSSR count). The zero-order valence-corrected chi connectivity index (χ0v) is 12.7. The maximum atomic E-state index is 12.1. The molecule has 0 saturated carbocycles. The quantitative estimate of drug-likeness (QED) is 0.727. The van der Waals surface area contributed by atoms with Crippen LogP contribution in [-0.2, 0) is 9.59 Å². The zero-order valence-electron chi connectivity index (χ0n) is 11.9. The van der Waals surface area contributed by atoms with Crippen LogP contribution in [0.5, 0.6) is 0 Å². The summed E-state index contributed by atoms with van der Waals surface area (Å²) in [4.78, 5) is 24.6. The van der Waals surface area contributed by atoms with Crippen LogP contribution in [0.15, 0.2) is 0 Å². The van der Waals surface area contributed by atoms with Gasteiger partial charge in [-0.1, -0.05) is 13.8 Å². The van der Waals surface area contributed by atoms with Crippen molar-refractivity contribution in [1.29, 1.82) is 0 Å². The molecular weight excluding hydrogens is 266 g/mol. The fourth-order valence-corrected chi connectivity index (χ4v) is 2.33. The lowest BCUT2D eigenvalue weighted by Gasteiger charge is -2.23. The summed E-state index contributed by atoms with van der Waals surface area (Å²) in [5.74, 6) is 0.561. The van der Waals surface area contributed by atoms with E-state index in [1.54, 1.807) is 4.90 Å². The van der Waals surface area contributed by atoms with Gasteiger partial charge in [-0.15, -0.1) is 12.4 Å². The minimum Gasteiger partial charge on any atom is -0.368 e. The van der Waals surface area contributed by atoms with Crippen LogP contribution in [0.25, 0.3) is 0 Å². The Morgan fingerprint density at radius 1 is 1.42 bits per heavy atom. The highest BCUT2D eigenvalue weighted by molar-refractivity contribution is 5.85. The lowest BCUT2D eigenvalue weighted by molar-refractivity contribution is -0.135. The van der Waals surface area contributed by atoms with Gasteiger partial charge in [0.25, 0.3) is 0 Å². The molecule has 0 aromatic carbocycles. The van der Waals surface area contributed by atoms with E-state index in [9.17, 15) is 9.59 Å². The van der Waals surface area contributed by atoms with Crippen LogP contribution < -0.4 is 11.1 Å². The zero-order chi connectivity index (χ0) is 13.5. The molecule has 0 aromatic heterocycles. The van der Waals surface area contributed by atoms with Gasteiger partial charge in [0.05, 0.1) is 6.54 Å². The molecule has 19 heavy (non-hydrogen) atoms. The number of nitrogens with zero attached hydrogens (tertiary/aromatic N) is 1. The number of carbonyl (C=O) groups is 2. The summed E-state index contributed by atoms with van der Waals surface area (Å²) in [6, 6.07) is 0. The van der Waals surface area contributed by atoms with Crippen LogP contribution in [-0.4, -0.2) is 42.9 Å². The Morgan fingerprint density at radius 3 is 2.58 bits per heavy atom. The van der Waals surface area contributed by atoms with Crippen LogP contribution in [0.4, 0.5) is 0 Å². The highest BCUT2D eigenvalue weighted by Gasteiger charge is 2.20. The Kier molecular flexibility index (Phi) is 8.76. The van der Waals surface area contributed by atoms with Crippen LogP contribution in [0.2, 0.25) is 0 Å². The van der Waals surface area contributed by atoms with Crippen molar-refractivity contribution in [3.05, 3.63) is 0 Å². The minimum atomic E-state index is -0.438. The van der Waals surface area contributed by atoms with Gasteiger partial charge in [-0.3, -0.25) is 9.59 Å². The standard InChI is InChI=1S/C13H25N3O2.ClH/c1-10(2)8-16(9-12(14)17)13(18)4-3-11-5-6-15-7-11;/h10-11,15H,3-9H2,1-2H3,(H2,14,17);1H. The molecule has 5 nitrogen and oxygen atoms in total. The van der Waals surface area contributed by atoms with E-state index in [1.165, 1.54) is 0 Å². The molecule has 1 heterocycles. The maximum Gasteiger partial charge on any atom is 0.237 e. The SMILES string of the molecule is CC(C)CN(CC(N)=O)C(=O)CCC1CCNC1.Cl. The molecule has 0 aliphatic carbocycles. The van der Waals surface area contributed by atoms with E-state index < -0.39 is 5.91 Å². The van der Waals surface area contributed by atoms with Crippen molar-refractivity contribution in [2.24, 2.45) is 17.6 Å². The summed E-state index contributed by atoms with van der Waals surface area (Å²) >= 11 is 0. The molecule has 3 N–H and O–H groups in total. The van der Waals surface area contributed by atoms with Crippen molar-refractivity contribution in [1.82, 2.24) is 10.2 Å². The van der Waals surface area contributed by atoms with Crippen molar-refractivity contribution in [3.8, 4) is 0 Å². The van der Waals surface area contributed by atoms with E-state index in [2.05, 4.69) is 5.32 Å². The fourth-order valence-electron chi connectivity index (χ4n) is 2.33. The Morgan fingerprint density at radius 2 is 2.11 bits per heavy atom. The van der Waals surface area contributed by atoms with E-state index in [1.807, 2.05) is 13.8 Å². The molecular formula is C13H26ClN3O2. The molecule has 1 aliphatic rings. The number of rotatable bonds is 7. The number of nitrogens with two attached hydrogens (primary N) is 1. The first-order chi connectivity index (χ1) is 8.49. The third kappa shape index (κ3) is 7.38. The second-order valence-corrected chi connectivity index (χ2v) is 5.53. The van der Waals surface area contributed by atoms with Crippen molar-refractivity contribution in [3.63, 3.8) is 0 Å². The van der Waals surface area contributed by atoms with Gasteiger partial charge in [-0.25, -0.2) is 0 Å². The van der Waals surface area contributed by atoms with E-state index in [4.69, 9.17) is 5.73 Å². The first kappa shape index (κ1) is 18.2. The van der Waals surface area contributed by atoms with Crippen molar-refractivity contribution < 1.29 is 9.59 Å². The Balaban J connectivity index is 0.00000324. The van der Waals surface area contributed by atoms with E-state index in [-0.39, 0.29) is 24.9 Å². The first-order valence-corrected chi connectivity index (χ1v) is 6.75. The highest BCUT2D eigenvalue weighted by atomic mass is 35.5. The van der Waals surface area contributed by atoms with Gasteiger partial charge in [0, 0.05) is 13.0 Å². The van der Waals surface area contributed by atoms with Gasteiger partial charge in [0.2, 0.25) is 11.8 Å². The summed E-state index contributed by atoms with van der Waals surface area (Å²) in [7, 11) is 0. The van der Waals surface area contributed by atoms with Gasteiger partial charge in [-0.05, 0) is 37.8 Å². The molecule has 1 unspecified atom stereocenters. The molecule has 0 radical (unpaired) electrons. The van der Waals surface area contributed by atoms with Crippen LogP contribution in [0.1, 0.15) is 33.1 Å². The van der Waals surface area contributed by atoms with E-state index in [0.717, 1.165) is 25.9 Å². The molecule has 1 atom stereocenters.